The Kier molecular flexibility index (Phi) is 4.16. The maximum Gasteiger partial charge on any atom is 0.0372 e. The highest BCUT2D eigenvalue weighted by atomic mass is 32.2. The van der Waals surface area contributed by atoms with Gasteiger partial charge in [-0.15, -0.1) is 0 Å². The average molecular weight is 195 g/mol. The van der Waals surface area contributed by atoms with Crippen LogP contribution in [0.3, 0.4) is 0 Å². The molecule has 2 heteroatoms. The van der Waals surface area contributed by atoms with E-state index in [0.717, 1.165) is 12.3 Å². The number of nitrogens with one attached hydrogen (secondary N) is 1. The van der Waals surface area contributed by atoms with Crippen molar-refractivity contribution in [1.29, 1.82) is 0 Å². The third-order valence-electron chi connectivity index (χ3n) is 2.23. The molecule has 0 aliphatic heterocycles. The van der Waals surface area contributed by atoms with E-state index in [0.29, 0.717) is 0 Å². The standard InChI is InChI=1S/C11H17NS/c1-9-5-4-6-11(10(9)2)12-7-8-13-3/h4-6,12H,7-8H2,1-3H3. The number of benzene rings is 1. The molecular weight excluding hydrogens is 178 g/mol. The van der Waals surface area contributed by atoms with E-state index in [2.05, 4.69) is 43.6 Å². The quantitative estimate of drug-likeness (QED) is 0.741. The second-order valence-corrected chi connectivity index (χ2v) is 4.15. The Morgan fingerprint density at radius 3 is 2.77 bits per heavy atom. The largest absolute Gasteiger partial charge is 0.384 e. The highest BCUT2D eigenvalue weighted by Crippen LogP contribution is 2.17. The van der Waals surface area contributed by atoms with E-state index in [1.165, 1.54) is 16.8 Å². The van der Waals surface area contributed by atoms with E-state index in [9.17, 15) is 0 Å². The van der Waals surface area contributed by atoms with Crippen molar-refractivity contribution in [2.75, 3.05) is 23.9 Å². The van der Waals surface area contributed by atoms with Gasteiger partial charge in [0, 0.05) is 18.0 Å². The molecule has 0 amide bonds. The first-order valence-electron chi connectivity index (χ1n) is 4.54. The van der Waals surface area contributed by atoms with E-state index in [-0.39, 0.29) is 0 Å². The fourth-order valence-corrected chi connectivity index (χ4v) is 1.54. The van der Waals surface area contributed by atoms with E-state index in [4.69, 9.17) is 0 Å². The molecule has 1 rings (SSSR count). The molecule has 1 aromatic carbocycles. The lowest BCUT2D eigenvalue weighted by Crippen LogP contribution is -2.05. The van der Waals surface area contributed by atoms with Crippen molar-refractivity contribution in [3.8, 4) is 0 Å². The maximum atomic E-state index is 3.43. The zero-order valence-corrected chi connectivity index (χ0v) is 9.37. The van der Waals surface area contributed by atoms with Gasteiger partial charge in [0.1, 0.15) is 0 Å². The topological polar surface area (TPSA) is 12.0 Å². The first-order valence-corrected chi connectivity index (χ1v) is 5.94. The van der Waals surface area contributed by atoms with Crippen LogP contribution in [0.4, 0.5) is 5.69 Å². The summed E-state index contributed by atoms with van der Waals surface area (Å²) in [6.07, 6.45) is 2.13. The van der Waals surface area contributed by atoms with Crippen LogP contribution in [0.15, 0.2) is 18.2 Å². The molecule has 0 unspecified atom stereocenters. The van der Waals surface area contributed by atoms with Gasteiger partial charge in [0.2, 0.25) is 0 Å². The molecule has 0 aliphatic carbocycles. The smallest absolute Gasteiger partial charge is 0.0372 e. The van der Waals surface area contributed by atoms with Crippen LogP contribution in [-0.4, -0.2) is 18.6 Å². The van der Waals surface area contributed by atoms with E-state index < -0.39 is 0 Å². The van der Waals surface area contributed by atoms with Crippen LogP contribution in [0, 0.1) is 13.8 Å². The van der Waals surface area contributed by atoms with Crippen molar-refractivity contribution >= 4 is 17.4 Å². The first kappa shape index (κ1) is 10.5. The van der Waals surface area contributed by atoms with Gasteiger partial charge < -0.3 is 5.32 Å². The van der Waals surface area contributed by atoms with Gasteiger partial charge in [-0.3, -0.25) is 0 Å². The molecule has 0 bridgehead atoms. The number of hydrogen-bond donors (Lipinski definition) is 1. The second kappa shape index (κ2) is 5.18. The summed E-state index contributed by atoms with van der Waals surface area (Å²) < 4.78 is 0. The van der Waals surface area contributed by atoms with Crippen molar-refractivity contribution in [2.45, 2.75) is 13.8 Å². The molecule has 1 N–H and O–H groups in total. The van der Waals surface area contributed by atoms with E-state index in [1.54, 1.807) is 0 Å². The summed E-state index contributed by atoms with van der Waals surface area (Å²) in [7, 11) is 0. The molecule has 0 spiro atoms. The molecule has 72 valence electrons. The Balaban J connectivity index is 2.61. The Morgan fingerprint density at radius 1 is 1.31 bits per heavy atom. The number of rotatable bonds is 4. The molecule has 0 aromatic heterocycles. The monoisotopic (exact) mass is 195 g/mol. The summed E-state index contributed by atoms with van der Waals surface area (Å²) in [6.45, 7) is 5.36. The van der Waals surface area contributed by atoms with Crippen LogP contribution in [-0.2, 0) is 0 Å². The summed E-state index contributed by atoms with van der Waals surface area (Å²) >= 11 is 1.87. The van der Waals surface area contributed by atoms with Gasteiger partial charge in [-0.2, -0.15) is 11.8 Å². The third-order valence-corrected chi connectivity index (χ3v) is 2.84. The summed E-state index contributed by atoms with van der Waals surface area (Å²) in [5.74, 6) is 1.16. The molecule has 0 heterocycles. The minimum absolute atomic E-state index is 1.05. The molecule has 0 radical (unpaired) electrons. The molecule has 0 saturated carbocycles. The van der Waals surface area contributed by atoms with Gasteiger partial charge in [-0.25, -0.2) is 0 Å². The molecule has 0 saturated heterocycles. The van der Waals surface area contributed by atoms with Gasteiger partial charge in [0.25, 0.3) is 0 Å². The summed E-state index contributed by atoms with van der Waals surface area (Å²) in [4.78, 5) is 0. The second-order valence-electron chi connectivity index (χ2n) is 3.17. The van der Waals surface area contributed by atoms with Crippen LogP contribution in [0.5, 0.6) is 0 Å². The molecule has 1 aromatic rings. The molecule has 13 heavy (non-hydrogen) atoms. The zero-order valence-electron chi connectivity index (χ0n) is 8.55. The van der Waals surface area contributed by atoms with Crippen molar-refractivity contribution < 1.29 is 0 Å². The highest BCUT2D eigenvalue weighted by Gasteiger charge is 1.98. The van der Waals surface area contributed by atoms with Crippen molar-refractivity contribution in [3.05, 3.63) is 29.3 Å². The Morgan fingerprint density at radius 2 is 2.08 bits per heavy atom. The highest BCUT2D eigenvalue weighted by molar-refractivity contribution is 7.98. The summed E-state index contributed by atoms with van der Waals surface area (Å²) in [5, 5.41) is 3.43. The number of hydrogen-bond acceptors (Lipinski definition) is 2. The Bertz CT molecular complexity index is 271. The number of anilines is 1. The van der Waals surface area contributed by atoms with Crippen LogP contribution < -0.4 is 5.32 Å². The molecule has 0 atom stereocenters. The zero-order chi connectivity index (χ0) is 9.68. The normalized spacial score (nSPS) is 10.1. The van der Waals surface area contributed by atoms with Crippen LogP contribution >= 0.6 is 11.8 Å². The van der Waals surface area contributed by atoms with Crippen molar-refractivity contribution in [1.82, 2.24) is 0 Å². The maximum absolute atomic E-state index is 3.43. The predicted octanol–water partition coefficient (Wildman–Crippen LogP) is 3.08. The van der Waals surface area contributed by atoms with Gasteiger partial charge in [-0.05, 0) is 37.3 Å². The third kappa shape index (κ3) is 2.96. The van der Waals surface area contributed by atoms with Crippen LogP contribution in [0.25, 0.3) is 0 Å². The van der Waals surface area contributed by atoms with Crippen molar-refractivity contribution in [2.24, 2.45) is 0 Å². The van der Waals surface area contributed by atoms with Crippen molar-refractivity contribution in [3.63, 3.8) is 0 Å². The molecular formula is C11H17NS. The average Bonchev–Trinajstić information content (AvgIpc) is 2.13. The Hall–Kier alpha value is -0.630. The van der Waals surface area contributed by atoms with Gasteiger partial charge in [0.15, 0.2) is 0 Å². The minimum atomic E-state index is 1.05. The number of thioether (sulfide) groups is 1. The lowest BCUT2D eigenvalue weighted by Gasteiger charge is -2.10. The fraction of sp³-hybridized carbons (Fsp3) is 0.455. The minimum Gasteiger partial charge on any atom is -0.384 e. The van der Waals surface area contributed by atoms with E-state index in [1.807, 2.05) is 11.8 Å². The summed E-state index contributed by atoms with van der Waals surface area (Å²) in [5.41, 5.74) is 3.99. The summed E-state index contributed by atoms with van der Waals surface area (Å²) in [6, 6.07) is 6.39. The van der Waals surface area contributed by atoms with Gasteiger partial charge in [-0.1, -0.05) is 12.1 Å². The molecule has 0 fully saturated rings. The van der Waals surface area contributed by atoms with Crippen LogP contribution in [0.2, 0.25) is 0 Å². The fourth-order valence-electron chi connectivity index (χ4n) is 1.23. The number of aryl methyl sites for hydroxylation is 1. The Labute approximate surface area is 84.9 Å². The lowest BCUT2D eigenvalue weighted by atomic mass is 10.1. The van der Waals surface area contributed by atoms with E-state index >= 15 is 0 Å². The lowest BCUT2D eigenvalue weighted by molar-refractivity contribution is 1.20. The molecule has 1 nitrogen and oxygen atoms in total. The van der Waals surface area contributed by atoms with Crippen LogP contribution in [0.1, 0.15) is 11.1 Å². The molecule has 0 aliphatic rings. The van der Waals surface area contributed by atoms with Gasteiger partial charge in [0.05, 0.1) is 0 Å². The SMILES string of the molecule is CSCCNc1cccc(C)c1C. The first-order chi connectivity index (χ1) is 6.25. The van der Waals surface area contributed by atoms with Gasteiger partial charge >= 0.3 is 0 Å². The predicted molar refractivity (Wildman–Crippen MR) is 62.8 cm³/mol.